The van der Waals surface area contributed by atoms with Crippen molar-refractivity contribution in [1.29, 1.82) is 0 Å². The number of carboxylic acids is 1. The molecule has 1 N–H and O–H groups in total. The van der Waals surface area contributed by atoms with Crippen LogP contribution in [0.15, 0.2) is 36.5 Å². The van der Waals surface area contributed by atoms with Gasteiger partial charge in [0.1, 0.15) is 17.3 Å². The number of rotatable bonds is 4. The van der Waals surface area contributed by atoms with Gasteiger partial charge in [0.2, 0.25) is 0 Å². The van der Waals surface area contributed by atoms with E-state index in [4.69, 9.17) is 5.11 Å². The van der Waals surface area contributed by atoms with Gasteiger partial charge in [0.25, 0.3) is 5.91 Å². The lowest BCUT2D eigenvalue weighted by molar-refractivity contribution is 0.0646. The van der Waals surface area contributed by atoms with Gasteiger partial charge >= 0.3 is 5.97 Å². The van der Waals surface area contributed by atoms with E-state index in [9.17, 15) is 23.2 Å². The average Bonchev–Trinajstić information content (AvgIpc) is 2.69. The maximum absolute atomic E-state index is 13.8. The predicted molar refractivity (Wildman–Crippen MR) is 90.5 cm³/mol. The van der Waals surface area contributed by atoms with Gasteiger partial charge in [-0.1, -0.05) is 0 Å². The van der Waals surface area contributed by atoms with Gasteiger partial charge in [0.05, 0.1) is 11.1 Å². The second kappa shape index (κ2) is 7.61. The smallest absolute Gasteiger partial charge is 0.354 e. The quantitative estimate of drug-likeness (QED) is 0.832. The molecule has 0 unspecified atom stereocenters. The minimum absolute atomic E-state index is 0.159. The molecule has 3 rings (SSSR count). The molecule has 1 aliphatic heterocycles. The molecule has 1 fully saturated rings. The lowest BCUT2D eigenvalue weighted by atomic mass is 9.88. The maximum Gasteiger partial charge on any atom is 0.354 e. The number of halogens is 2. The van der Waals surface area contributed by atoms with E-state index in [0.717, 1.165) is 18.2 Å². The third kappa shape index (κ3) is 3.99. The van der Waals surface area contributed by atoms with E-state index in [1.54, 1.807) is 0 Å². The van der Waals surface area contributed by atoms with Crippen molar-refractivity contribution in [3.8, 4) is 0 Å². The van der Waals surface area contributed by atoms with Gasteiger partial charge in [-0.15, -0.1) is 0 Å². The molecular weight excluding hydrogens is 358 g/mol. The third-order valence-corrected chi connectivity index (χ3v) is 4.58. The second-order valence-electron chi connectivity index (χ2n) is 6.29. The van der Waals surface area contributed by atoms with Crippen LogP contribution in [0.25, 0.3) is 0 Å². The molecule has 1 amide bonds. The Bertz CT molecular complexity index is 891. The van der Waals surface area contributed by atoms with Crippen molar-refractivity contribution in [3.63, 3.8) is 0 Å². The molecule has 2 aromatic rings. The number of carboxylic acid groups (broad SMARTS) is 1. The molecule has 1 saturated heterocycles. The molecule has 0 spiro atoms. The zero-order valence-corrected chi connectivity index (χ0v) is 14.2. The fourth-order valence-corrected chi connectivity index (χ4v) is 3.08. The van der Waals surface area contributed by atoms with Crippen molar-refractivity contribution >= 4 is 17.7 Å². The van der Waals surface area contributed by atoms with Gasteiger partial charge in [0, 0.05) is 25.2 Å². The summed E-state index contributed by atoms with van der Waals surface area (Å²) in [4.78, 5) is 41.0. The summed E-state index contributed by atoms with van der Waals surface area (Å²) in [6.07, 6.45) is 1.87. The van der Waals surface area contributed by atoms with Gasteiger partial charge in [-0.05, 0) is 43.2 Å². The van der Waals surface area contributed by atoms with E-state index in [0.29, 0.717) is 12.8 Å². The third-order valence-electron chi connectivity index (χ3n) is 4.58. The Morgan fingerprint density at radius 1 is 1.07 bits per heavy atom. The minimum atomic E-state index is -1.18. The first-order valence-corrected chi connectivity index (χ1v) is 8.34. The highest BCUT2D eigenvalue weighted by Gasteiger charge is 2.30. The van der Waals surface area contributed by atoms with Crippen LogP contribution in [0.3, 0.4) is 0 Å². The molecule has 8 heteroatoms. The van der Waals surface area contributed by atoms with Crippen LogP contribution in [0, 0.1) is 17.6 Å². The number of carbonyl (C=O) groups is 3. The number of pyridine rings is 1. The summed E-state index contributed by atoms with van der Waals surface area (Å²) in [5.74, 6) is -3.89. The highest BCUT2D eigenvalue weighted by Crippen LogP contribution is 2.24. The zero-order chi connectivity index (χ0) is 19.6. The summed E-state index contributed by atoms with van der Waals surface area (Å²) in [7, 11) is 0. The number of ketones is 1. The molecule has 0 saturated carbocycles. The molecular formula is C19H16F2N2O4. The number of aromatic nitrogens is 1. The number of hydrogen-bond donors (Lipinski definition) is 1. The number of piperidine rings is 1. The summed E-state index contributed by atoms with van der Waals surface area (Å²) in [6, 6.07) is 5.41. The first-order valence-electron chi connectivity index (χ1n) is 8.34. The van der Waals surface area contributed by atoms with E-state index in [-0.39, 0.29) is 35.8 Å². The van der Waals surface area contributed by atoms with Gasteiger partial charge in [-0.2, -0.15) is 0 Å². The highest BCUT2D eigenvalue weighted by atomic mass is 19.1. The van der Waals surface area contributed by atoms with Crippen LogP contribution in [-0.4, -0.2) is 45.7 Å². The first kappa shape index (κ1) is 18.6. The molecule has 0 aliphatic carbocycles. The van der Waals surface area contributed by atoms with E-state index in [1.165, 1.54) is 23.2 Å². The molecule has 1 aromatic heterocycles. The van der Waals surface area contributed by atoms with Crippen LogP contribution in [0.2, 0.25) is 0 Å². The van der Waals surface area contributed by atoms with Crippen molar-refractivity contribution in [2.45, 2.75) is 12.8 Å². The fourth-order valence-electron chi connectivity index (χ4n) is 3.08. The first-order chi connectivity index (χ1) is 12.9. The lowest BCUT2D eigenvalue weighted by Gasteiger charge is -2.31. The standard InChI is InChI=1S/C19H16F2N2O4/c20-13-2-3-15(21)14(9-13)17(24)11-5-7-23(8-6-11)18(25)12-1-4-16(19(26)27)22-10-12/h1-4,9-11H,5-8H2,(H,26,27). The Hall–Kier alpha value is -3.16. The number of hydrogen-bond acceptors (Lipinski definition) is 4. The predicted octanol–water partition coefficient (Wildman–Crippen LogP) is 2.79. The number of benzene rings is 1. The lowest BCUT2D eigenvalue weighted by Crippen LogP contribution is -2.40. The molecule has 140 valence electrons. The topological polar surface area (TPSA) is 87.6 Å². The summed E-state index contributed by atoms with van der Waals surface area (Å²) in [5.41, 5.74) is -0.179. The molecule has 27 heavy (non-hydrogen) atoms. The highest BCUT2D eigenvalue weighted by molar-refractivity contribution is 5.99. The SMILES string of the molecule is O=C(O)c1ccc(C(=O)N2CCC(C(=O)c3cc(F)ccc3F)CC2)cn1. The molecule has 6 nitrogen and oxygen atoms in total. The Morgan fingerprint density at radius 3 is 2.37 bits per heavy atom. The van der Waals surface area contributed by atoms with Crippen molar-refractivity contribution in [2.75, 3.05) is 13.1 Å². The molecule has 0 atom stereocenters. The van der Waals surface area contributed by atoms with E-state index >= 15 is 0 Å². The molecule has 2 heterocycles. The Labute approximate surface area is 153 Å². The van der Waals surface area contributed by atoms with Crippen LogP contribution in [0.4, 0.5) is 8.78 Å². The van der Waals surface area contributed by atoms with Crippen molar-refractivity contribution in [2.24, 2.45) is 5.92 Å². The number of amides is 1. The second-order valence-corrected chi connectivity index (χ2v) is 6.29. The summed E-state index contributed by atoms with van der Waals surface area (Å²) in [5, 5.41) is 8.83. The van der Waals surface area contributed by atoms with Gasteiger partial charge in [-0.3, -0.25) is 9.59 Å². The van der Waals surface area contributed by atoms with E-state index in [2.05, 4.69) is 4.98 Å². The Kier molecular flexibility index (Phi) is 5.25. The average molecular weight is 374 g/mol. The van der Waals surface area contributed by atoms with Crippen molar-refractivity contribution in [1.82, 2.24) is 9.88 Å². The van der Waals surface area contributed by atoms with Crippen LogP contribution in [0.5, 0.6) is 0 Å². The maximum atomic E-state index is 13.8. The van der Waals surface area contributed by atoms with E-state index < -0.39 is 29.3 Å². The number of likely N-dealkylation sites (tertiary alicyclic amines) is 1. The van der Waals surface area contributed by atoms with Crippen LogP contribution >= 0.6 is 0 Å². The molecule has 1 aliphatic rings. The van der Waals surface area contributed by atoms with Gasteiger partial charge < -0.3 is 10.0 Å². The molecule has 0 bridgehead atoms. The van der Waals surface area contributed by atoms with Crippen LogP contribution in [0.1, 0.15) is 44.0 Å². The normalized spacial score (nSPS) is 14.8. The number of nitrogens with zero attached hydrogens (tertiary/aromatic N) is 2. The monoisotopic (exact) mass is 374 g/mol. The van der Waals surface area contributed by atoms with Crippen molar-refractivity contribution in [3.05, 3.63) is 65.0 Å². The molecule has 1 aromatic carbocycles. The van der Waals surface area contributed by atoms with Crippen LogP contribution in [-0.2, 0) is 0 Å². The molecule has 0 radical (unpaired) electrons. The number of carbonyl (C=O) groups excluding carboxylic acids is 2. The van der Waals surface area contributed by atoms with E-state index in [1.807, 2.05) is 0 Å². The minimum Gasteiger partial charge on any atom is -0.477 e. The van der Waals surface area contributed by atoms with Gasteiger partial charge in [0.15, 0.2) is 5.78 Å². The van der Waals surface area contributed by atoms with Crippen molar-refractivity contribution < 1.29 is 28.3 Å². The number of aromatic carboxylic acids is 1. The largest absolute Gasteiger partial charge is 0.477 e. The fraction of sp³-hybridized carbons (Fsp3) is 0.263. The summed E-state index contributed by atoms with van der Waals surface area (Å²) in [6.45, 7) is 0.569. The zero-order valence-electron chi connectivity index (χ0n) is 14.2. The van der Waals surface area contributed by atoms with Gasteiger partial charge in [-0.25, -0.2) is 18.6 Å². The Morgan fingerprint density at radius 2 is 1.78 bits per heavy atom. The van der Waals surface area contributed by atoms with Crippen LogP contribution < -0.4 is 0 Å². The summed E-state index contributed by atoms with van der Waals surface area (Å²) >= 11 is 0. The number of Topliss-reactive ketones (excluding diaryl/α,β-unsaturated/α-hetero) is 1. The summed E-state index contributed by atoms with van der Waals surface area (Å²) < 4.78 is 27.1. The Balaban J connectivity index is 1.64.